The molecule has 71 heavy (non-hydrogen) atoms. The molecule has 0 spiro atoms. The number of rotatable bonds is 3. The molecule has 0 saturated heterocycles. The van der Waals surface area contributed by atoms with Crippen LogP contribution in [0.25, 0.3) is 94.0 Å². The van der Waals surface area contributed by atoms with Crippen LogP contribution in [0.4, 0.5) is 11.4 Å². The maximum absolute atomic E-state index is 7.34. The Bertz CT molecular complexity index is 4060. The third kappa shape index (κ3) is 5.93. The second-order valence-electron chi connectivity index (χ2n) is 24.3. The van der Waals surface area contributed by atoms with Crippen LogP contribution < -0.4 is 15.7 Å². The van der Waals surface area contributed by atoms with E-state index in [9.17, 15) is 0 Å². The number of anilines is 2. The van der Waals surface area contributed by atoms with Crippen molar-refractivity contribution in [3.63, 3.8) is 0 Å². The monoisotopic (exact) mass is 922 g/mol. The van der Waals surface area contributed by atoms with Crippen LogP contribution in [0.5, 0.6) is 0 Å². The first-order valence-corrected chi connectivity index (χ1v) is 25.7. The van der Waals surface area contributed by atoms with E-state index in [-0.39, 0.29) is 28.5 Å². The molecule has 1 aliphatic carbocycles. The number of nitrogens with zero attached hydrogens (tertiary/aromatic N) is 2. The Kier molecular flexibility index (Phi) is 8.54. The van der Waals surface area contributed by atoms with Crippen LogP contribution in [-0.4, -0.2) is 11.4 Å². The Balaban J connectivity index is 1.22. The van der Waals surface area contributed by atoms with Crippen LogP contribution in [0.15, 0.2) is 160 Å². The number of para-hydroxylation sites is 1. The molecule has 3 aliphatic rings. The summed E-state index contributed by atoms with van der Waals surface area (Å²) in [4.78, 5) is 2.71. The van der Waals surface area contributed by atoms with Crippen LogP contribution in [0.1, 0.15) is 104 Å². The lowest BCUT2D eigenvalue weighted by Crippen LogP contribution is -2.60. The first kappa shape index (κ1) is 42.6. The fourth-order valence-electron chi connectivity index (χ4n) is 13.0. The van der Waals surface area contributed by atoms with E-state index in [0.717, 1.165) is 68.5 Å². The molecule has 8 aromatic carbocycles. The van der Waals surface area contributed by atoms with Crippen molar-refractivity contribution >= 4 is 83.9 Å². The largest absolute Gasteiger partial charge is 0.455 e. The van der Waals surface area contributed by atoms with Crippen molar-refractivity contribution in [2.45, 2.75) is 104 Å². The Hall–Kier alpha value is -7.24. The van der Waals surface area contributed by atoms with Crippen molar-refractivity contribution in [1.82, 2.24) is 4.57 Å². The zero-order chi connectivity index (χ0) is 48.7. The van der Waals surface area contributed by atoms with E-state index in [1.165, 1.54) is 82.9 Å². The molecule has 0 N–H and O–H groups in total. The lowest BCUT2D eigenvalue weighted by molar-refractivity contribution is 0.332. The van der Waals surface area contributed by atoms with E-state index >= 15 is 0 Å². The summed E-state index contributed by atoms with van der Waals surface area (Å²) >= 11 is 0. The number of benzene rings is 8. The molecule has 5 heteroatoms. The Morgan fingerprint density at radius 1 is 0.521 bits per heavy atom. The van der Waals surface area contributed by atoms with E-state index in [1.54, 1.807) is 0 Å². The van der Waals surface area contributed by atoms with E-state index in [0.29, 0.717) is 0 Å². The van der Waals surface area contributed by atoms with Crippen molar-refractivity contribution < 1.29 is 8.83 Å². The Morgan fingerprint density at radius 2 is 1.15 bits per heavy atom. The number of furan rings is 2. The summed E-state index contributed by atoms with van der Waals surface area (Å²) in [5, 5.41) is 5.84. The van der Waals surface area contributed by atoms with E-state index < -0.39 is 0 Å². The predicted octanol–water partition coefficient (Wildman–Crippen LogP) is 16.9. The summed E-state index contributed by atoms with van der Waals surface area (Å²) < 4.78 is 17.2. The zero-order valence-corrected chi connectivity index (χ0v) is 42.6. The molecule has 0 unspecified atom stereocenters. The van der Waals surface area contributed by atoms with Gasteiger partial charge in [-0.05, 0) is 133 Å². The molecule has 0 bridgehead atoms. The Morgan fingerprint density at radius 3 is 1.85 bits per heavy atom. The van der Waals surface area contributed by atoms with Crippen LogP contribution in [-0.2, 0) is 21.7 Å². The molecular weight excluding hydrogens is 864 g/mol. The highest BCUT2D eigenvalue weighted by Gasteiger charge is 2.48. The average molecular weight is 923 g/mol. The third-order valence-electron chi connectivity index (χ3n) is 16.9. The van der Waals surface area contributed by atoms with E-state index in [4.69, 9.17) is 8.83 Å². The average Bonchev–Trinajstić information content (AvgIpc) is 4.04. The minimum atomic E-state index is -0.222. The molecule has 14 rings (SSSR count). The molecule has 4 nitrogen and oxygen atoms in total. The van der Waals surface area contributed by atoms with Crippen molar-refractivity contribution in [3.8, 4) is 39.3 Å². The second kappa shape index (κ2) is 14.2. The topological polar surface area (TPSA) is 34.5 Å². The first-order chi connectivity index (χ1) is 34.0. The SMILES string of the molecule is CC(C)(C)c1ccc(N2B3c4cc5oc(-c6ccccc6)c(-c6ccccc6)c5cc4-n4c5ccc(C(C)(C)C)cc5c5c6oc7ccccc7c6c(c3c54)-c3cc4c(cc32)C(C)(C)CCC4(C)C)cc1. The van der Waals surface area contributed by atoms with Gasteiger partial charge in [0.2, 0.25) is 0 Å². The lowest BCUT2D eigenvalue weighted by Gasteiger charge is -2.46. The van der Waals surface area contributed by atoms with Gasteiger partial charge in [0.15, 0.2) is 0 Å². The van der Waals surface area contributed by atoms with Gasteiger partial charge in [0.1, 0.15) is 22.5 Å². The van der Waals surface area contributed by atoms with Gasteiger partial charge >= 0.3 is 6.85 Å². The molecule has 0 atom stereocenters. The fourth-order valence-corrected chi connectivity index (χ4v) is 13.0. The Labute approximate surface area is 417 Å². The van der Waals surface area contributed by atoms with Crippen LogP contribution in [0, 0.1) is 0 Å². The summed E-state index contributed by atoms with van der Waals surface area (Å²) in [6, 6.07) is 57.0. The first-order valence-electron chi connectivity index (χ1n) is 25.7. The molecule has 11 aromatic rings. The van der Waals surface area contributed by atoms with Crippen molar-refractivity contribution in [2.24, 2.45) is 0 Å². The summed E-state index contributed by atoms with van der Waals surface area (Å²) in [6.07, 6.45) is 2.27. The van der Waals surface area contributed by atoms with Crippen LogP contribution in [0.3, 0.4) is 0 Å². The summed E-state index contributed by atoms with van der Waals surface area (Å²) in [7, 11) is 0. The van der Waals surface area contributed by atoms with Gasteiger partial charge < -0.3 is 18.2 Å². The smallest absolute Gasteiger partial charge is 0.333 e. The minimum Gasteiger partial charge on any atom is -0.455 e. The maximum atomic E-state index is 7.34. The standard InChI is InChI=1S/C66H59BN2O2/c1-63(2,3)40-25-28-42(29-26-40)69-51-36-48-47(65(7,8)31-32-66(48,9)10)34-45(51)56-57-43-23-17-18-24-53(43)70-62(57)58-44-33-41(64(4,5)6)27-30-50(44)68-52-35-46-54(37-49(52)67(69)59(56)60(58)68)71-61(39-21-15-12-16-22-39)55(46)38-19-13-11-14-20-38/h11-30,33-37H,31-32H2,1-10H3. The van der Waals surface area contributed by atoms with Gasteiger partial charge in [0.05, 0.1) is 16.4 Å². The second-order valence-corrected chi connectivity index (χ2v) is 24.3. The van der Waals surface area contributed by atoms with Crippen molar-refractivity contribution in [2.75, 3.05) is 4.81 Å². The van der Waals surface area contributed by atoms with Crippen molar-refractivity contribution in [3.05, 3.63) is 174 Å². The maximum Gasteiger partial charge on any atom is 0.333 e. The van der Waals surface area contributed by atoms with Gasteiger partial charge in [-0.25, -0.2) is 0 Å². The molecule has 0 radical (unpaired) electrons. The quantitative estimate of drug-likeness (QED) is 0.166. The van der Waals surface area contributed by atoms with Gasteiger partial charge in [0, 0.05) is 55.3 Å². The fraction of sp³-hybridized carbons (Fsp3) is 0.242. The number of hydrogen-bond donors (Lipinski definition) is 0. The molecule has 0 amide bonds. The molecule has 2 aliphatic heterocycles. The van der Waals surface area contributed by atoms with Crippen molar-refractivity contribution in [1.29, 1.82) is 0 Å². The highest BCUT2D eigenvalue weighted by molar-refractivity contribution is 6.94. The third-order valence-corrected chi connectivity index (χ3v) is 16.9. The minimum absolute atomic E-state index is 0.00181. The summed E-state index contributed by atoms with van der Waals surface area (Å²) in [5.74, 6) is 0.883. The number of fused-ring (bicyclic) bond motifs is 15. The van der Waals surface area contributed by atoms with E-state index in [1.807, 2.05) is 0 Å². The van der Waals surface area contributed by atoms with Crippen LogP contribution in [0.2, 0.25) is 0 Å². The van der Waals surface area contributed by atoms with E-state index in [2.05, 4.69) is 230 Å². The molecular formula is C66H59BN2O2. The molecule has 5 heterocycles. The van der Waals surface area contributed by atoms with Gasteiger partial charge in [-0.1, -0.05) is 166 Å². The molecule has 0 saturated carbocycles. The predicted molar refractivity (Wildman–Crippen MR) is 300 cm³/mol. The molecule has 348 valence electrons. The highest BCUT2D eigenvalue weighted by Crippen LogP contribution is 2.56. The van der Waals surface area contributed by atoms with Gasteiger partial charge in [-0.2, -0.15) is 0 Å². The number of hydrogen-bond acceptors (Lipinski definition) is 3. The summed E-state index contributed by atoms with van der Waals surface area (Å²) in [6.45, 7) is 23.5. The molecule has 0 fully saturated rings. The number of aromatic nitrogens is 1. The highest BCUT2D eigenvalue weighted by atomic mass is 16.3. The van der Waals surface area contributed by atoms with Gasteiger partial charge in [-0.3, -0.25) is 0 Å². The zero-order valence-electron chi connectivity index (χ0n) is 42.6. The molecule has 3 aromatic heterocycles. The lowest BCUT2D eigenvalue weighted by atomic mass is 9.43. The summed E-state index contributed by atoms with van der Waals surface area (Å²) in [5.41, 5.74) is 22.6. The van der Waals surface area contributed by atoms with Gasteiger partial charge in [0.25, 0.3) is 0 Å². The van der Waals surface area contributed by atoms with Crippen LogP contribution >= 0.6 is 0 Å². The normalized spacial score (nSPS) is 15.8. The van der Waals surface area contributed by atoms with Gasteiger partial charge in [-0.15, -0.1) is 0 Å².